The lowest BCUT2D eigenvalue weighted by Crippen LogP contribution is -2.16. The van der Waals surface area contributed by atoms with Gasteiger partial charge in [-0.05, 0) is 54.3 Å². The minimum absolute atomic E-state index is 0.0183. The van der Waals surface area contributed by atoms with E-state index in [4.69, 9.17) is 0 Å². The summed E-state index contributed by atoms with van der Waals surface area (Å²) in [6.07, 6.45) is 7.23. The molecule has 0 saturated carbocycles. The SMILES string of the molecule is CC(=Cc1ccc([N+](=O)[O-])cc1)C(=O)Nc1ccc(C(C(C)C)n2ccnc2)cc1. The number of hydrogen-bond acceptors (Lipinski definition) is 4. The number of aromatic nitrogens is 2. The standard InChI is InChI=1S/C23H24N4O3/c1-16(2)22(26-13-12-24-15-26)19-6-8-20(9-7-19)25-23(28)17(3)14-18-4-10-21(11-5-18)27(29)30/h4-16,22H,1-3H3,(H,25,28). The van der Waals surface area contributed by atoms with Gasteiger partial charge >= 0.3 is 0 Å². The number of benzene rings is 2. The van der Waals surface area contributed by atoms with E-state index in [1.54, 1.807) is 31.3 Å². The van der Waals surface area contributed by atoms with Crippen LogP contribution in [0.15, 0.2) is 72.8 Å². The van der Waals surface area contributed by atoms with Gasteiger partial charge in [0.15, 0.2) is 0 Å². The Kier molecular flexibility index (Phi) is 6.41. The van der Waals surface area contributed by atoms with Crippen LogP contribution in [0.5, 0.6) is 0 Å². The van der Waals surface area contributed by atoms with Crippen LogP contribution in [0, 0.1) is 16.0 Å². The number of imidazole rings is 1. The van der Waals surface area contributed by atoms with Crippen molar-refractivity contribution < 1.29 is 9.72 Å². The zero-order chi connectivity index (χ0) is 21.7. The minimum Gasteiger partial charge on any atom is -0.330 e. The number of carbonyl (C=O) groups is 1. The van der Waals surface area contributed by atoms with E-state index in [9.17, 15) is 14.9 Å². The maximum absolute atomic E-state index is 12.5. The van der Waals surface area contributed by atoms with Crippen LogP contribution in [0.1, 0.15) is 37.9 Å². The van der Waals surface area contributed by atoms with Crippen LogP contribution in [-0.4, -0.2) is 20.4 Å². The minimum atomic E-state index is -0.451. The molecular weight excluding hydrogens is 380 g/mol. The maximum Gasteiger partial charge on any atom is 0.269 e. The van der Waals surface area contributed by atoms with Gasteiger partial charge < -0.3 is 9.88 Å². The third-order valence-corrected chi connectivity index (χ3v) is 4.83. The molecule has 1 atom stereocenters. The van der Waals surface area contributed by atoms with Crippen LogP contribution >= 0.6 is 0 Å². The van der Waals surface area contributed by atoms with E-state index in [1.165, 1.54) is 12.1 Å². The topological polar surface area (TPSA) is 90.1 Å². The third-order valence-electron chi connectivity index (χ3n) is 4.83. The van der Waals surface area contributed by atoms with Crippen LogP contribution in [0.2, 0.25) is 0 Å². The molecule has 0 radical (unpaired) electrons. The highest BCUT2D eigenvalue weighted by Crippen LogP contribution is 2.27. The molecular formula is C23H24N4O3. The Morgan fingerprint density at radius 3 is 2.33 bits per heavy atom. The van der Waals surface area contributed by atoms with Crippen molar-refractivity contribution in [3.8, 4) is 0 Å². The van der Waals surface area contributed by atoms with Gasteiger partial charge in [-0.3, -0.25) is 14.9 Å². The fourth-order valence-corrected chi connectivity index (χ4v) is 3.34. The summed E-state index contributed by atoms with van der Waals surface area (Å²) >= 11 is 0. The van der Waals surface area contributed by atoms with Gasteiger partial charge in [-0.2, -0.15) is 0 Å². The quantitative estimate of drug-likeness (QED) is 0.338. The Labute approximate surface area is 175 Å². The average molecular weight is 404 g/mol. The average Bonchev–Trinajstić information content (AvgIpc) is 3.23. The number of nitro groups is 1. The zero-order valence-corrected chi connectivity index (χ0v) is 17.1. The van der Waals surface area contributed by atoms with Crippen molar-refractivity contribution in [2.75, 3.05) is 5.32 Å². The molecule has 3 rings (SSSR count). The highest BCUT2D eigenvalue weighted by atomic mass is 16.6. The van der Waals surface area contributed by atoms with Gasteiger partial charge in [-0.25, -0.2) is 4.98 Å². The monoisotopic (exact) mass is 404 g/mol. The molecule has 3 aromatic rings. The van der Waals surface area contributed by atoms with Crippen molar-refractivity contribution >= 4 is 23.4 Å². The lowest BCUT2D eigenvalue weighted by Gasteiger charge is -2.23. The highest BCUT2D eigenvalue weighted by Gasteiger charge is 2.17. The van der Waals surface area contributed by atoms with Crippen LogP contribution < -0.4 is 5.32 Å². The predicted molar refractivity (Wildman–Crippen MR) is 117 cm³/mol. The largest absolute Gasteiger partial charge is 0.330 e. The van der Waals surface area contributed by atoms with E-state index in [1.807, 2.05) is 36.8 Å². The van der Waals surface area contributed by atoms with Crippen LogP contribution in [0.25, 0.3) is 6.08 Å². The number of nitrogens with one attached hydrogen (secondary N) is 1. The van der Waals surface area contributed by atoms with Gasteiger partial charge in [0.2, 0.25) is 0 Å². The molecule has 1 aromatic heterocycles. The molecule has 1 heterocycles. The number of carbonyl (C=O) groups excluding carboxylic acids is 1. The molecule has 7 nitrogen and oxygen atoms in total. The summed E-state index contributed by atoms with van der Waals surface area (Å²) in [4.78, 5) is 26.9. The summed E-state index contributed by atoms with van der Waals surface area (Å²) < 4.78 is 2.08. The molecule has 154 valence electrons. The maximum atomic E-state index is 12.5. The summed E-state index contributed by atoms with van der Waals surface area (Å²) in [5, 5.41) is 13.6. The van der Waals surface area contributed by atoms with Gasteiger partial charge in [0, 0.05) is 35.8 Å². The Balaban J connectivity index is 1.70. The van der Waals surface area contributed by atoms with E-state index in [0.29, 0.717) is 17.2 Å². The Morgan fingerprint density at radius 1 is 1.13 bits per heavy atom. The zero-order valence-electron chi connectivity index (χ0n) is 17.1. The van der Waals surface area contributed by atoms with E-state index in [0.717, 1.165) is 11.1 Å². The molecule has 1 unspecified atom stereocenters. The molecule has 0 saturated heterocycles. The summed E-state index contributed by atoms with van der Waals surface area (Å²) in [5.74, 6) is 0.155. The number of anilines is 1. The number of hydrogen-bond donors (Lipinski definition) is 1. The summed E-state index contributed by atoms with van der Waals surface area (Å²) in [7, 11) is 0. The van der Waals surface area contributed by atoms with Crippen molar-refractivity contribution in [2.45, 2.75) is 26.8 Å². The van der Waals surface area contributed by atoms with Gasteiger partial charge in [0.1, 0.15) is 0 Å². The predicted octanol–water partition coefficient (Wildman–Crippen LogP) is 5.08. The Morgan fingerprint density at radius 2 is 1.80 bits per heavy atom. The van der Waals surface area contributed by atoms with E-state index in [2.05, 4.69) is 28.7 Å². The van der Waals surface area contributed by atoms with Gasteiger partial charge in [0.25, 0.3) is 11.6 Å². The lowest BCUT2D eigenvalue weighted by atomic mass is 9.95. The van der Waals surface area contributed by atoms with Crippen LogP contribution in [0.4, 0.5) is 11.4 Å². The second kappa shape index (κ2) is 9.17. The second-order valence-corrected chi connectivity index (χ2v) is 7.45. The smallest absolute Gasteiger partial charge is 0.269 e. The molecule has 2 aromatic carbocycles. The van der Waals surface area contributed by atoms with E-state index < -0.39 is 4.92 Å². The first-order valence-electron chi connectivity index (χ1n) is 9.66. The Bertz CT molecular complexity index is 1040. The van der Waals surface area contributed by atoms with Crippen molar-refractivity contribution in [2.24, 2.45) is 5.92 Å². The molecule has 1 amide bonds. The van der Waals surface area contributed by atoms with Crippen LogP contribution in [0.3, 0.4) is 0 Å². The normalized spacial score (nSPS) is 12.6. The highest BCUT2D eigenvalue weighted by molar-refractivity contribution is 6.06. The summed E-state index contributed by atoms with van der Waals surface area (Å²) in [6, 6.07) is 14.0. The van der Waals surface area contributed by atoms with Crippen molar-refractivity contribution in [3.05, 3.63) is 94.1 Å². The molecule has 0 aliphatic rings. The number of non-ortho nitro benzene ring substituents is 1. The summed E-state index contributed by atoms with van der Waals surface area (Å²) in [6.45, 7) is 6.03. The van der Waals surface area contributed by atoms with Crippen molar-refractivity contribution in [1.82, 2.24) is 9.55 Å². The lowest BCUT2D eigenvalue weighted by molar-refractivity contribution is -0.384. The summed E-state index contributed by atoms with van der Waals surface area (Å²) in [5.41, 5.74) is 3.09. The molecule has 0 bridgehead atoms. The van der Waals surface area contributed by atoms with Gasteiger partial charge in [0.05, 0.1) is 17.3 Å². The first-order chi connectivity index (χ1) is 14.3. The Hall–Kier alpha value is -3.74. The first kappa shape index (κ1) is 21.0. The second-order valence-electron chi connectivity index (χ2n) is 7.45. The third kappa shape index (κ3) is 5.00. The number of rotatable bonds is 7. The molecule has 0 aliphatic heterocycles. The molecule has 7 heteroatoms. The number of nitrogens with zero attached hydrogens (tertiary/aromatic N) is 3. The fourth-order valence-electron chi connectivity index (χ4n) is 3.34. The van der Waals surface area contributed by atoms with Crippen molar-refractivity contribution in [1.29, 1.82) is 0 Å². The first-order valence-corrected chi connectivity index (χ1v) is 9.66. The molecule has 0 spiro atoms. The molecule has 30 heavy (non-hydrogen) atoms. The van der Waals surface area contributed by atoms with Gasteiger partial charge in [-0.15, -0.1) is 0 Å². The molecule has 0 fully saturated rings. The van der Waals surface area contributed by atoms with Gasteiger partial charge in [-0.1, -0.05) is 26.0 Å². The van der Waals surface area contributed by atoms with Crippen LogP contribution in [-0.2, 0) is 4.79 Å². The fraction of sp³-hybridized carbons (Fsp3) is 0.217. The van der Waals surface area contributed by atoms with Crippen molar-refractivity contribution in [3.63, 3.8) is 0 Å². The van der Waals surface area contributed by atoms with E-state index >= 15 is 0 Å². The van der Waals surface area contributed by atoms with E-state index in [-0.39, 0.29) is 17.6 Å². The molecule has 1 N–H and O–H groups in total. The number of nitro benzene ring substituents is 1. The number of amides is 1. The molecule has 0 aliphatic carbocycles.